The van der Waals surface area contributed by atoms with E-state index in [9.17, 15) is 9.18 Å². The van der Waals surface area contributed by atoms with Crippen LogP contribution in [0.25, 0.3) is 0 Å². The SMILES string of the molecule is O=C(CC1CC1)Nc1ccc(Cl)cc1F. The van der Waals surface area contributed by atoms with Crippen molar-refractivity contribution in [2.24, 2.45) is 5.92 Å². The van der Waals surface area contributed by atoms with E-state index in [1.54, 1.807) is 6.07 Å². The van der Waals surface area contributed by atoms with Gasteiger partial charge in [-0.2, -0.15) is 0 Å². The zero-order chi connectivity index (χ0) is 10.8. The van der Waals surface area contributed by atoms with Crippen LogP contribution in [0.1, 0.15) is 19.3 Å². The van der Waals surface area contributed by atoms with Gasteiger partial charge in [-0.05, 0) is 37.0 Å². The van der Waals surface area contributed by atoms with Gasteiger partial charge in [-0.1, -0.05) is 11.6 Å². The van der Waals surface area contributed by atoms with Gasteiger partial charge in [-0.25, -0.2) is 4.39 Å². The molecule has 1 amide bonds. The smallest absolute Gasteiger partial charge is 0.224 e. The number of halogens is 2. The Hall–Kier alpha value is -1.09. The Morgan fingerprint density at radius 3 is 2.87 bits per heavy atom. The Balaban J connectivity index is 1.99. The van der Waals surface area contributed by atoms with Crippen molar-refractivity contribution in [1.29, 1.82) is 0 Å². The number of rotatable bonds is 3. The molecule has 0 saturated heterocycles. The molecular weight excluding hydrogens is 217 g/mol. The lowest BCUT2D eigenvalue weighted by atomic mass is 10.2. The lowest BCUT2D eigenvalue weighted by molar-refractivity contribution is -0.116. The van der Waals surface area contributed by atoms with E-state index in [4.69, 9.17) is 11.6 Å². The molecule has 1 N–H and O–H groups in total. The molecule has 80 valence electrons. The lowest BCUT2D eigenvalue weighted by Gasteiger charge is -2.05. The largest absolute Gasteiger partial charge is 0.324 e. The minimum atomic E-state index is -0.494. The third-order valence-corrected chi connectivity index (χ3v) is 2.61. The normalized spacial score (nSPS) is 15.1. The maximum atomic E-state index is 13.3. The summed E-state index contributed by atoms with van der Waals surface area (Å²) < 4.78 is 13.3. The maximum absolute atomic E-state index is 13.3. The minimum Gasteiger partial charge on any atom is -0.324 e. The number of hydrogen-bond donors (Lipinski definition) is 1. The molecule has 1 aromatic carbocycles. The first-order valence-electron chi connectivity index (χ1n) is 4.90. The van der Waals surface area contributed by atoms with E-state index in [0.717, 1.165) is 12.8 Å². The highest BCUT2D eigenvalue weighted by molar-refractivity contribution is 6.30. The Morgan fingerprint density at radius 2 is 2.27 bits per heavy atom. The molecule has 0 heterocycles. The Morgan fingerprint density at radius 1 is 1.53 bits per heavy atom. The maximum Gasteiger partial charge on any atom is 0.224 e. The number of amides is 1. The van der Waals surface area contributed by atoms with Gasteiger partial charge in [0, 0.05) is 11.4 Å². The molecule has 2 nitrogen and oxygen atoms in total. The lowest BCUT2D eigenvalue weighted by Crippen LogP contribution is -2.12. The van der Waals surface area contributed by atoms with Crippen molar-refractivity contribution in [2.45, 2.75) is 19.3 Å². The first kappa shape index (κ1) is 10.4. The Labute approximate surface area is 92.4 Å². The van der Waals surface area contributed by atoms with Gasteiger partial charge in [0.05, 0.1) is 5.69 Å². The number of carbonyl (C=O) groups excluding carboxylic acids is 1. The number of hydrogen-bond acceptors (Lipinski definition) is 1. The molecule has 0 spiro atoms. The van der Waals surface area contributed by atoms with E-state index < -0.39 is 5.82 Å². The van der Waals surface area contributed by atoms with E-state index in [1.807, 2.05) is 0 Å². The molecule has 1 fully saturated rings. The Bertz CT molecular complexity index is 390. The second-order valence-electron chi connectivity index (χ2n) is 3.82. The molecular formula is C11H11ClFNO. The summed E-state index contributed by atoms with van der Waals surface area (Å²) >= 11 is 5.60. The number of carbonyl (C=O) groups is 1. The van der Waals surface area contributed by atoms with Crippen LogP contribution in [0.15, 0.2) is 18.2 Å². The van der Waals surface area contributed by atoms with Crippen LogP contribution in [0.4, 0.5) is 10.1 Å². The molecule has 1 aliphatic rings. The predicted octanol–water partition coefficient (Wildman–Crippen LogP) is 3.22. The standard InChI is InChI=1S/C11H11ClFNO/c12-8-3-4-10(9(13)6-8)14-11(15)5-7-1-2-7/h3-4,6-7H,1-2,5H2,(H,14,15). The van der Waals surface area contributed by atoms with E-state index in [2.05, 4.69) is 5.32 Å². The van der Waals surface area contributed by atoms with E-state index in [0.29, 0.717) is 17.4 Å². The summed E-state index contributed by atoms with van der Waals surface area (Å²) in [5.74, 6) is -0.120. The molecule has 0 atom stereocenters. The van der Waals surface area contributed by atoms with Gasteiger partial charge < -0.3 is 5.32 Å². The topological polar surface area (TPSA) is 29.1 Å². The van der Waals surface area contributed by atoms with Crippen molar-refractivity contribution in [1.82, 2.24) is 0 Å². The third kappa shape index (κ3) is 2.93. The zero-order valence-corrected chi connectivity index (χ0v) is 8.85. The van der Waals surface area contributed by atoms with Crippen LogP contribution in [0.5, 0.6) is 0 Å². The van der Waals surface area contributed by atoms with Gasteiger partial charge in [-0.15, -0.1) is 0 Å². The molecule has 4 heteroatoms. The fourth-order valence-corrected chi connectivity index (χ4v) is 1.54. The summed E-state index contributed by atoms with van der Waals surface area (Å²) in [5.41, 5.74) is 0.199. The van der Waals surface area contributed by atoms with Gasteiger partial charge in [0.25, 0.3) is 0 Å². The second-order valence-corrected chi connectivity index (χ2v) is 4.26. The first-order chi connectivity index (χ1) is 7.15. The van der Waals surface area contributed by atoms with Gasteiger partial charge in [0.1, 0.15) is 5.82 Å². The summed E-state index contributed by atoms with van der Waals surface area (Å²) in [5, 5.41) is 2.86. The van der Waals surface area contributed by atoms with Gasteiger partial charge >= 0.3 is 0 Å². The van der Waals surface area contributed by atoms with Gasteiger partial charge in [0.2, 0.25) is 5.91 Å². The summed E-state index contributed by atoms with van der Waals surface area (Å²) in [4.78, 5) is 11.4. The summed E-state index contributed by atoms with van der Waals surface area (Å²) in [6, 6.07) is 4.22. The highest BCUT2D eigenvalue weighted by Crippen LogP contribution is 2.32. The van der Waals surface area contributed by atoms with Crippen molar-refractivity contribution in [3.8, 4) is 0 Å². The molecule has 15 heavy (non-hydrogen) atoms. The fraction of sp³-hybridized carbons (Fsp3) is 0.364. The average molecular weight is 228 g/mol. The number of nitrogens with one attached hydrogen (secondary N) is 1. The van der Waals surface area contributed by atoms with Gasteiger partial charge in [-0.3, -0.25) is 4.79 Å². The first-order valence-corrected chi connectivity index (χ1v) is 5.28. The van der Waals surface area contributed by atoms with Gasteiger partial charge in [0.15, 0.2) is 0 Å². The fourth-order valence-electron chi connectivity index (χ4n) is 1.38. The van der Waals surface area contributed by atoms with Crippen molar-refractivity contribution in [3.05, 3.63) is 29.0 Å². The molecule has 0 aliphatic heterocycles. The summed E-state index contributed by atoms with van der Waals surface area (Å²) in [6.45, 7) is 0. The van der Waals surface area contributed by atoms with Crippen LogP contribution in [0.2, 0.25) is 5.02 Å². The van der Waals surface area contributed by atoms with Crippen molar-refractivity contribution in [2.75, 3.05) is 5.32 Å². The highest BCUT2D eigenvalue weighted by Gasteiger charge is 2.24. The molecule has 1 saturated carbocycles. The monoisotopic (exact) mass is 227 g/mol. The summed E-state index contributed by atoms with van der Waals surface area (Å²) in [7, 11) is 0. The Kier molecular flexibility index (Phi) is 2.91. The molecule has 1 aromatic rings. The number of benzene rings is 1. The van der Waals surface area contributed by atoms with Crippen molar-refractivity contribution >= 4 is 23.2 Å². The van der Waals surface area contributed by atoms with Crippen molar-refractivity contribution < 1.29 is 9.18 Å². The average Bonchev–Trinajstić information content (AvgIpc) is 2.94. The predicted molar refractivity (Wildman–Crippen MR) is 57.4 cm³/mol. The zero-order valence-electron chi connectivity index (χ0n) is 8.09. The summed E-state index contributed by atoms with van der Waals surface area (Å²) in [6.07, 6.45) is 2.70. The minimum absolute atomic E-state index is 0.126. The molecule has 2 rings (SSSR count). The molecule has 0 bridgehead atoms. The molecule has 0 radical (unpaired) electrons. The van der Waals surface area contributed by atoms with Crippen LogP contribution in [0, 0.1) is 11.7 Å². The van der Waals surface area contributed by atoms with E-state index in [-0.39, 0.29) is 11.6 Å². The van der Waals surface area contributed by atoms with Crippen LogP contribution in [-0.4, -0.2) is 5.91 Å². The van der Waals surface area contributed by atoms with Crippen molar-refractivity contribution in [3.63, 3.8) is 0 Å². The van der Waals surface area contributed by atoms with Crippen LogP contribution in [-0.2, 0) is 4.79 Å². The molecule has 1 aliphatic carbocycles. The molecule has 0 aromatic heterocycles. The highest BCUT2D eigenvalue weighted by atomic mass is 35.5. The second kappa shape index (κ2) is 4.19. The third-order valence-electron chi connectivity index (χ3n) is 2.38. The van der Waals surface area contributed by atoms with E-state index >= 15 is 0 Å². The van der Waals surface area contributed by atoms with E-state index in [1.165, 1.54) is 12.1 Å². The van der Waals surface area contributed by atoms with Crippen LogP contribution in [0.3, 0.4) is 0 Å². The van der Waals surface area contributed by atoms with Crippen LogP contribution < -0.4 is 5.32 Å². The number of anilines is 1. The van der Waals surface area contributed by atoms with Crippen LogP contribution >= 0.6 is 11.6 Å². The molecule has 0 unspecified atom stereocenters. The quantitative estimate of drug-likeness (QED) is 0.844.